The second-order valence-corrected chi connectivity index (χ2v) is 7.67. The van der Waals surface area contributed by atoms with Crippen LogP contribution in [-0.2, 0) is 21.1 Å². The number of hydrogen-bond donors (Lipinski definition) is 1. The molecule has 1 heterocycles. The molecule has 24 heavy (non-hydrogen) atoms. The molecule has 1 aromatic heterocycles. The van der Waals surface area contributed by atoms with Crippen LogP contribution in [0.25, 0.3) is 11.5 Å². The lowest BCUT2D eigenvalue weighted by Crippen LogP contribution is -2.30. The van der Waals surface area contributed by atoms with Crippen molar-refractivity contribution < 1.29 is 22.4 Å². The molecular formula is C16H20N2O5S. The number of carbonyl (C=O) groups excluding carboxylic acids is 1. The Morgan fingerprint density at radius 3 is 2.79 bits per heavy atom. The minimum absolute atomic E-state index is 0.0308. The van der Waals surface area contributed by atoms with Crippen molar-refractivity contribution in [1.82, 2.24) is 10.3 Å². The molecule has 0 fully saturated rings. The first kappa shape index (κ1) is 18.0. The summed E-state index contributed by atoms with van der Waals surface area (Å²) in [6, 6.07) is 7.27. The van der Waals surface area contributed by atoms with Crippen molar-refractivity contribution in [2.75, 3.05) is 25.7 Å². The number of oxazole rings is 1. The van der Waals surface area contributed by atoms with Gasteiger partial charge in [-0.1, -0.05) is 6.07 Å². The summed E-state index contributed by atoms with van der Waals surface area (Å²) in [6.07, 6.45) is 1.16. The van der Waals surface area contributed by atoms with E-state index < -0.39 is 9.84 Å². The van der Waals surface area contributed by atoms with Crippen LogP contribution in [-0.4, -0.2) is 45.0 Å². The van der Waals surface area contributed by atoms with E-state index in [0.717, 1.165) is 11.8 Å². The molecule has 7 nitrogen and oxygen atoms in total. The largest absolute Gasteiger partial charge is 0.497 e. The molecule has 2 aromatic rings. The molecule has 0 radical (unpaired) electrons. The first-order valence-electron chi connectivity index (χ1n) is 7.33. The van der Waals surface area contributed by atoms with Gasteiger partial charge < -0.3 is 14.5 Å². The number of amides is 1. The molecule has 0 saturated heterocycles. The quantitative estimate of drug-likeness (QED) is 0.808. The third-order valence-corrected chi connectivity index (χ3v) is 4.28. The van der Waals surface area contributed by atoms with E-state index in [1.54, 1.807) is 20.1 Å². The topological polar surface area (TPSA) is 98.5 Å². The van der Waals surface area contributed by atoms with Crippen LogP contribution in [0.15, 0.2) is 28.7 Å². The molecule has 0 spiro atoms. The van der Waals surface area contributed by atoms with Crippen molar-refractivity contribution in [2.45, 2.75) is 13.3 Å². The van der Waals surface area contributed by atoms with Crippen LogP contribution >= 0.6 is 0 Å². The minimum Gasteiger partial charge on any atom is -0.497 e. The van der Waals surface area contributed by atoms with E-state index in [-0.39, 0.29) is 24.6 Å². The van der Waals surface area contributed by atoms with Crippen molar-refractivity contribution in [3.63, 3.8) is 0 Å². The van der Waals surface area contributed by atoms with Crippen molar-refractivity contribution in [3.8, 4) is 17.2 Å². The van der Waals surface area contributed by atoms with Crippen LogP contribution in [0.4, 0.5) is 0 Å². The van der Waals surface area contributed by atoms with Crippen LogP contribution < -0.4 is 10.1 Å². The highest BCUT2D eigenvalue weighted by molar-refractivity contribution is 7.90. The Balaban J connectivity index is 2.04. The van der Waals surface area contributed by atoms with Gasteiger partial charge in [0.25, 0.3) is 0 Å². The van der Waals surface area contributed by atoms with Gasteiger partial charge in [0.2, 0.25) is 11.8 Å². The average Bonchev–Trinajstić information content (AvgIpc) is 2.87. The summed E-state index contributed by atoms with van der Waals surface area (Å²) < 4.78 is 32.9. The lowest BCUT2D eigenvalue weighted by Gasteiger charge is -2.02. The fraction of sp³-hybridized carbons (Fsp3) is 0.375. The minimum atomic E-state index is -3.10. The SMILES string of the molecule is COc1cccc(-c2nc(CC(=O)NCCS(C)(=O)=O)c(C)o2)c1. The van der Waals surface area contributed by atoms with Crippen LogP contribution in [0, 0.1) is 6.92 Å². The van der Waals surface area contributed by atoms with Gasteiger partial charge in [0, 0.05) is 18.4 Å². The zero-order chi connectivity index (χ0) is 17.7. The first-order valence-corrected chi connectivity index (χ1v) is 9.39. The van der Waals surface area contributed by atoms with Gasteiger partial charge in [-0.3, -0.25) is 4.79 Å². The van der Waals surface area contributed by atoms with Crippen molar-refractivity contribution in [1.29, 1.82) is 0 Å². The number of carbonyl (C=O) groups is 1. The summed E-state index contributed by atoms with van der Waals surface area (Å²) in [5.74, 6) is 1.25. The van der Waals surface area contributed by atoms with E-state index in [4.69, 9.17) is 9.15 Å². The lowest BCUT2D eigenvalue weighted by molar-refractivity contribution is -0.120. The van der Waals surface area contributed by atoms with Crippen molar-refractivity contribution in [3.05, 3.63) is 35.7 Å². The van der Waals surface area contributed by atoms with Gasteiger partial charge in [0.15, 0.2) is 0 Å². The average molecular weight is 352 g/mol. The number of nitrogens with one attached hydrogen (secondary N) is 1. The maximum Gasteiger partial charge on any atom is 0.226 e. The van der Waals surface area contributed by atoms with E-state index in [0.29, 0.717) is 23.1 Å². The number of aromatic nitrogens is 1. The molecule has 0 saturated carbocycles. The summed E-state index contributed by atoms with van der Waals surface area (Å²) in [4.78, 5) is 16.2. The Morgan fingerprint density at radius 2 is 2.12 bits per heavy atom. The van der Waals surface area contributed by atoms with Gasteiger partial charge in [0.1, 0.15) is 21.3 Å². The number of methoxy groups -OCH3 is 1. The summed E-state index contributed by atoms with van der Waals surface area (Å²) in [6.45, 7) is 1.81. The standard InChI is InChI=1S/C16H20N2O5S/c1-11-14(10-15(19)17-7-8-24(3,20)21)18-16(23-11)12-5-4-6-13(9-12)22-2/h4-6,9H,7-8,10H2,1-3H3,(H,17,19). The normalized spacial score (nSPS) is 11.3. The van der Waals surface area contributed by atoms with Gasteiger partial charge in [0.05, 0.1) is 25.0 Å². The maximum atomic E-state index is 11.9. The van der Waals surface area contributed by atoms with E-state index in [2.05, 4.69) is 10.3 Å². The van der Waals surface area contributed by atoms with Crippen molar-refractivity contribution >= 4 is 15.7 Å². The number of hydrogen-bond acceptors (Lipinski definition) is 6. The molecule has 0 aliphatic heterocycles. The smallest absolute Gasteiger partial charge is 0.226 e. The molecule has 2 rings (SSSR count). The Hall–Kier alpha value is -2.35. The summed E-state index contributed by atoms with van der Waals surface area (Å²) >= 11 is 0. The highest BCUT2D eigenvalue weighted by Crippen LogP contribution is 2.25. The molecule has 130 valence electrons. The van der Waals surface area contributed by atoms with Gasteiger partial charge in [-0.15, -0.1) is 0 Å². The summed E-state index contributed by atoms with van der Waals surface area (Å²) in [5, 5.41) is 2.56. The maximum absolute atomic E-state index is 11.9. The lowest BCUT2D eigenvalue weighted by atomic mass is 10.2. The number of ether oxygens (including phenoxy) is 1. The first-order chi connectivity index (χ1) is 11.3. The molecule has 1 aromatic carbocycles. The Kier molecular flexibility index (Phi) is 5.61. The highest BCUT2D eigenvalue weighted by atomic mass is 32.2. The molecule has 0 atom stereocenters. The molecule has 0 unspecified atom stereocenters. The summed E-state index contributed by atoms with van der Waals surface area (Å²) in [7, 11) is -1.52. The third-order valence-electron chi connectivity index (χ3n) is 3.33. The van der Waals surface area contributed by atoms with Gasteiger partial charge in [-0.25, -0.2) is 13.4 Å². The number of benzene rings is 1. The van der Waals surface area contributed by atoms with Crippen molar-refractivity contribution in [2.24, 2.45) is 0 Å². The molecule has 0 bridgehead atoms. The number of aryl methyl sites for hydroxylation is 1. The Labute approximate surface area is 141 Å². The number of sulfone groups is 1. The predicted octanol–water partition coefficient (Wildman–Crippen LogP) is 1.36. The molecule has 1 N–H and O–H groups in total. The molecular weight excluding hydrogens is 332 g/mol. The molecule has 0 aliphatic rings. The fourth-order valence-corrected chi connectivity index (χ4v) is 2.53. The van der Waals surface area contributed by atoms with Crippen LogP contribution in [0.2, 0.25) is 0 Å². The molecule has 8 heteroatoms. The van der Waals surface area contributed by atoms with Crippen LogP contribution in [0.5, 0.6) is 5.75 Å². The van der Waals surface area contributed by atoms with Gasteiger partial charge >= 0.3 is 0 Å². The monoisotopic (exact) mass is 352 g/mol. The van der Waals surface area contributed by atoms with E-state index in [9.17, 15) is 13.2 Å². The van der Waals surface area contributed by atoms with E-state index >= 15 is 0 Å². The summed E-state index contributed by atoms with van der Waals surface area (Å²) in [5.41, 5.74) is 1.27. The highest BCUT2D eigenvalue weighted by Gasteiger charge is 2.15. The molecule has 1 amide bonds. The Morgan fingerprint density at radius 1 is 1.38 bits per heavy atom. The second kappa shape index (κ2) is 7.48. The third kappa shape index (κ3) is 5.09. The number of nitrogens with zero attached hydrogens (tertiary/aromatic N) is 1. The zero-order valence-corrected chi connectivity index (χ0v) is 14.6. The molecule has 0 aliphatic carbocycles. The Bertz CT molecular complexity index is 827. The fourth-order valence-electron chi connectivity index (χ4n) is 2.06. The number of rotatable bonds is 7. The van der Waals surface area contributed by atoms with E-state index in [1.807, 2.05) is 18.2 Å². The predicted molar refractivity (Wildman–Crippen MR) is 89.7 cm³/mol. The van der Waals surface area contributed by atoms with Gasteiger partial charge in [-0.2, -0.15) is 0 Å². The second-order valence-electron chi connectivity index (χ2n) is 5.41. The van der Waals surface area contributed by atoms with E-state index in [1.165, 1.54) is 0 Å². The zero-order valence-electron chi connectivity index (χ0n) is 13.8. The van der Waals surface area contributed by atoms with Gasteiger partial charge in [-0.05, 0) is 25.1 Å². The van der Waals surface area contributed by atoms with Crippen LogP contribution in [0.3, 0.4) is 0 Å². The van der Waals surface area contributed by atoms with Crippen LogP contribution in [0.1, 0.15) is 11.5 Å².